The van der Waals surface area contributed by atoms with Crippen LogP contribution in [0, 0.1) is 0 Å². The molecule has 0 saturated heterocycles. The van der Waals surface area contributed by atoms with Gasteiger partial charge in [0.1, 0.15) is 0 Å². The molecule has 1 aromatic rings. The van der Waals surface area contributed by atoms with Crippen molar-refractivity contribution in [1.82, 2.24) is 4.98 Å². The van der Waals surface area contributed by atoms with Crippen LogP contribution in [0.15, 0.2) is 18.5 Å². The Labute approximate surface area is 64.0 Å². The monoisotopic (exact) mass is 155 g/mol. The Morgan fingerprint density at radius 1 is 1.80 bits per heavy atom. The molecule has 0 unspecified atom stereocenters. The SMILES string of the molecule is CSCC(=O)c1cc[nH]c1. The highest BCUT2D eigenvalue weighted by atomic mass is 32.2. The fraction of sp³-hybridized carbons (Fsp3) is 0.286. The van der Waals surface area contributed by atoms with Crippen LogP contribution in [0.3, 0.4) is 0 Å². The van der Waals surface area contributed by atoms with Crippen LogP contribution in [-0.2, 0) is 0 Å². The number of thioether (sulfide) groups is 1. The van der Waals surface area contributed by atoms with Gasteiger partial charge in [-0.25, -0.2) is 0 Å². The van der Waals surface area contributed by atoms with Crippen LogP contribution in [0.1, 0.15) is 10.4 Å². The van der Waals surface area contributed by atoms with Crippen LogP contribution >= 0.6 is 11.8 Å². The third-order valence-corrected chi connectivity index (χ3v) is 1.75. The highest BCUT2D eigenvalue weighted by Crippen LogP contribution is 2.02. The zero-order valence-electron chi connectivity index (χ0n) is 5.76. The molecule has 1 N–H and O–H groups in total. The van der Waals surface area contributed by atoms with Gasteiger partial charge >= 0.3 is 0 Å². The standard InChI is InChI=1S/C7H9NOS/c1-10-5-7(9)6-2-3-8-4-6/h2-4,8H,5H2,1H3. The molecule has 0 aromatic carbocycles. The number of carbonyl (C=O) groups excluding carboxylic acids is 1. The molecule has 10 heavy (non-hydrogen) atoms. The number of Topliss-reactive ketones (excluding diaryl/α,β-unsaturated/α-hetero) is 1. The summed E-state index contributed by atoms with van der Waals surface area (Å²) in [6.45, 7) is 0. The van der Waals surface area contributed by atoms with Gasteiger partial charge in [0.15, 0.2) is 5.78 Å². The lowest BCUT2D eigenvalue weighted by Gasteiger charge is -1.90. The molecule has 0 bridgehead atoms. The number of carbonyl (C=O) groups is 1. The molecule has 0 radical (unpaired) electrons. The van der Waals surface area contributed by atoms with Gasteiger partial charge in [-0.15, -0.1) is 0 Å². The van der Waals surface area contributed by atoms with Crippen molar-refractivity contribution in [2.45, 2.75) is 0 Å². The highest BCUT2D eigenvalue weighted by molar-refractivity contribution is 7.99. The van der Waals surface area contributed by atoms with Gasteiger partial charge in [-0.1, -0.05) is 0 Å². The lowest BCUT2D eigenvalue weighted by atomic mass is 10.2. The van der Waals surface area contributed by atoms with Crippen molar-refractivity contribution in [3.8, 4) is 0 Å². The molecule has 0 amide bonds. The normalized spacial score (nSPS) is 9.70. The van der Waals surface area contributed by atoms with Crippen molar-refractivity contribution < 1.29 is 4.79 Å². The van der Waals surface area contributed by atoms with Gasteiger partial charge in [0.05, 0.1) is 5.75 Å². The van der Waals surface area contributed by atoms with E-state index in [9.17, 15) is 4.79 Å². The number of hydrogen-bond donors (Lipinski definition) is 1. The molecule has 0 saturated carbocycles. The summed E-state index contributed by atoms with van der Waals surface area (Å²) < 4.78 is 0. The molecule has 1 rings (SSSR count). The minimum atomic E-state index is 0.189. The third-order valence-electron chi connectivity index (χ3n) is 1.20. The van der Waals surface area contributed by atoms with Crippen LogP contribution in [0.2, 0.25) is 0 Å². The Kier molecular flexibility index (Phi) is 2.57. The van der Waals surface area contributed by atoms with E-state index in [4.69, 9.17) is 0 Å². The molecule has 2 nitrogen and oxygen atoms in total. The Morgan fingerprint density at radius 2 is 2.60 bits per heavy atom. The lowest BCUT2D eigenvalue weighted by molar-refractivity contribution is 0.102. The molecular weight excluding hydrogens is 146 g/mol. The van der Waals surface area contributed by atoms with Crippen molar-refractivity contribution in [2.24, 2.45) is 0 Å². The first-order valence-electron chi connectivity index (χ1n) is 2.99. The minimum Gasteiger partial charge on any atom is -0.367 e. The number of ketones is 1. The lowest BCUT2D eigenvalue weighted by Crippen LogP contribution is -1.99. The maximum absolute atomic E-state index is 11.1. The molecule has 0 atom stereocenters. The second-order valence-electron chi connectivity index (χ2n) is 1.96. The van der Waals surface area contributed by atoms with Gasteiger partial charge < -0.3 is 4.98 Å². The Morgan fingerprint density at radius 3 is 3.10 bits per heavy atom. The molecule has 3 heteroatoms. The van der Waals surface area contributed by atoms with E-state index in [1.54, 1.807) is 30.2 Å². The second kappa shape index (κ2) is 3.46. The molecule has 1 aromatic heterocycles. The summed E-state index contributed by atoms with van der Waals surface area (Å²) in [6, 6.07) is 1.79. The third kappa shape index (κ3) is 1.64. The molecular formula is C7H9NOS. The van der Waals surface area contributed by atoms with E-state index in [0.29, 0.717) is 5.75 Å². The Hall–Kier alpha value is -0.700. The van der Waals surface area contributed by atoms with E-state index in [1.165, 1.54) is 0 Å². The molecule has 1 heterocycles. The fourth-order valence-electron chi connectivity index (χ4n) is 0.712. The van der Waals surface area contributed by atoms with Crippen LogP contribution < -0.4 is 0 Å². The first kappa shape index (κ1) is 7.41. The number of H-pyrrole nitrogens is 1. The predicted octanol–water partition coefficient (Wildman–Crippen LogP) is 1.56. The number of aromatic amines is 1. The minimum absolute atomic E-state index is 0.189. The van der Waals surface area contributed by atoms with Crippen LogP contribution in [0.25, 0.3) is 0 Å². The number of aromatic nitrogens is 1. The summed E-state index contributed by atoms with van der Waals surface area (Å²) in [4.78, 5) is 13.9. The highest BCUT2D eigenvalue weighted by Gasteiger charge is 2.02. The quantitative estimate of drug-likeness (QED) is 0.672. The average molecular weight is 155 g/mol. The average Bonchev–Trinajstić information content (AvgIpc) is 2.38. The van der Waals surface area contributed by atoms with E-state index in [0.717, 1.165) is 5.56 Å². The van der Waals surface area contributed by atoms with E-state index < -0.39 is 0 Å². The van der Waals surface area contributed by atoms with Crippen molar-refractivity contribution in [2.75, 3.05) is 12.0 Å². The number of nitrogens with one attached hydrogen (secondary N) is 1. The summed E-state index contributed by atoms with van der Waals surface area (Å²) in [5.74, 6) is 0.756. The largest absolute Gasteiger partial charge is 0.367 e. The van der Waals surface area contributed by atoms with Gasteiger partial charge in [0, 0.05) is 18.0 Å². The van der Waals surface area contributed by atoms with Crippen LogP contribution in [0.4, 0.5) is 0 Å². The second-order valence-corrected chi connectivity index (χ2v) is 2.82. The summed E-state index contributed by atoms with van der Waals surface area (Å²) in [7, 11) is 0. The molecule has 0 fully saturated rings. The maximum atomic E-state index is 11.1. The molecule has 54 valence electrons. The Balaban J connectivity index is 2.59. The van der Waals surface area contributed by atoms with E-state index >= 15 is 0 Å². The Bertz CT molecular complexity index is 205. The van der Waals surface area contributed by atoms with Crippen molar-refractivity contribution >= 4 is 17.5 Å². The van der Waals surface area contributed by atoms with Crippen LogP contribution in [-0.4, -0.2) is 22.8 Å². The van der Waals surface area contributed by atoms with E-state index in [-0.39, 0.29) is 5.78 Å². The maximum Gasteiger partial charge on any atom is 0.174 e. The van der Waals surface area contributed by atoms with Gasteiger partial charge in [-0.05, 0) is 12.3 Å². The number of rotatable bonds is 3. The molecule has 0 aliphatic heterocycles. The predicted molar refractivity (Wildman–Crippen MR) is 43.5 cm³/mol. The van der Waals surface area contributed by atoms with Crippen molar-refractivity contribution in [3.63, 3.8) is 0 Å². The van der Waals surface area contributed by atoms with Gasteiger partial charge in [-0.2, -0.15) is 11.8 Å². The summed E-state index contributed by atoms with van der Waals surface area (Å²) in [5, 5.41) is 0. The zero-order chi connectivity index (χ0) is 7.40. The topological polar surface area (TPSA) is 32.9 Å². The fourth-order valence-corrected chi connectivity index (χ4v) is 1.14. The van der Waals surface area contributed by atoms with Crippen LogP contribution in [0.5, 0.6) is 0 Å². The number of hydrogen-bond acceptors (Lipinski definition) is 2. The van der Waals surface area contributed by atoms with E-state index in [2.05, 4.69) is 4.98 Å². The summed E-state index contributed by atoms with van der Waals surface area (Å²) in [6.07, 6.45) is 5.40. The zero-order valence-corrected chi connectivity index (χ0v) is 6.57. The van der Waals surface area contributed by atoms with Gasteiger partial charge in [0.2, 0.25) is 0 Å². The van der Waals surface area contributed by atoms with Gasteiger partial charge in [0.25, 0.3) is 0 Å². The first-order chi connectivity index (χ1) is 4.84. The summed E-state index contributed by atoms with van der Waals surface area (Å²) in [5.41, 5.74) is 0.773. The van der Waals surface area contributed by atoms with Gasteiger partial charge in [-0.3, -0.25) is 4.79 Å². The molecule has 0 aliphatic rings. The van der Waals surface area contributed by atoms with Crippen molar-refractivity contribution in [3.05, 3.63) is 24.0 Å². The molecule has 0 aliphatic carbocycles. The molecule has 0 spiro atoms. The van der Waals surface area contributed by atoms with Crippen molar-refractivity contribution in [1.29, 1.82) is 0 Å². The summed E-state index contributed by atoms with van der Waals surface area (Å²) >= 11 is 1.54. The smallest absolute Gasteiger partial charge is 0.174 e. The first-order valence-corrected chi connectivity index (χ1v) is 4.39. The van der Waals surface area contributed by atoms with E-state index in [1.807, 2.05) is 6.26 Å².